The third-order valence-corrected chi connectivity index (χ3v) is 9.11. The van der Waals surface area contributed by atoms with Crippen LogP contribution < -0.4 is 30.7 Å². The molecule has 0 unspecified atom stereocenters. The molecule has 6 rings (SSSR count). The largest absolute Gasteiger partial charge is 0.341 e. The molecule has 20 heteroatoms. The Morgan fingerprint density at radius 1 is 0.660 bits per heavy atom. The standard InChI is InChI=1S/C15H18F2N6O2S.C15H20N6O2S/c16-15(17)4-6-23(7-5-15)14-20-10-19-13(22-14)21-12-3-1-2-11(8-12)9-26(18,24)25;16-24(22,23)10-12-5-4-6-13(9-12)19-14-17-11-18-15(20-14)21-7-2-1-3-8-21/h1-3,8,10H,4-7,9H2,(H2,18,24,25)(H,19,20,21,22);4-6,9,11H,1-3,7-8,10H2,(H2,16,22,23)(H,17,18,19,20). The predicted octanol–water partition coefficient (Wildman–Crippen LogP) is 3.03. The van der Waals surface area contributed by atoms with Gasteiger partial charge >= 0.3 is 0 Å². The normalized spacial score (nSPS) is 16.2. The average molecular weight is 733 g/mol. The quantitative estimate of drug-likeness (QED) is 0.184. The maximum absolute atomic E-state index is 13.3. The van der Waals surface area contributed by atoms with Crippen LogP contribution in [0.25, 0.3) is 0 Å². The molecule has 2 aromatic heterocycles. The Hall–Kier alpha value is -4.66. The van der Waals surface area contributed by atoms with Gasteiger partial charge < -0.3 is 20.4 Å². The first-order valence-electron chi connectivity index (χ1n) is 15.7. The van der Waals surface area contributed by atoms with Crippen molar-refractivity contribution in [3.05, 3.63) is 72.3 Å². The highest BCUT2D eigenvalue weighted by molar-refractivity contribution is 7.88. The number of halogens is 2. The molecular formula is C30H38F2N12O4S2. The lowest BCUT2D eigenvalue weighted by atomic mass is 10.1. The van der Waals surface area contributed by atoms with Crippen molar-refractivity contribution in [2.24, 2.45) is 10.3 Å². The molecule has 268 valence electrons. The molecule has 2 saturated heterocycles. The molecular weight excluding hydrogens is 695 g/mol. The summed E-state index contributed by atoms with van der Waals surface area (Å²) < 4.78 is 71.4. The number of sulfonamides is 2. The number of nitrogens with zero attached hydrogens (tertiary/aromatic N) is 8. The molecule has 0 bridgehead atoms. The van der Waals surface area contributed by atoms with Crippen molar-refractivity contribution in [2.45, 2.75) is 49.5 Å². The second kappa shape index (κ2) is 15.9. The van der Waals surface area contributed by atoms with Gasteiger partial charge in [-0.1, -0.05) is 24.3 Å². The summed E-state index contributed by atoms with van der Waals surface area (Å²) in [5, 5.41) is 16.2. The third kappa shape index (κ3) is 11.7. The monoisotopic (exact) mass is 732 g/mol. The summed E-state index contributed by atoms with van der Waals surface area (Å²) in [5.41, 5.74) is 2.40. The fourth-order valence-corrected chi connectivity index (χ4v) is 6.62. The van der Waals surface area contributed by atoms with Gasteiger partial charge in [-0.25, -0.2) is 55.8 Å². The second-order valence-electron chi connectivity index (χ2n) is 11.9. The number of piperidine rings is 2. The lowest BCUT2D eigenvalue weighted by Gasteiger charge is -2.31. The number of nitrogens with two attached hydrogens (primary N) is 2. The van der Waals surface area contributed by atoms with Crippen molar-refractivity contribution < 1.29 is 25.6 Å². The van der Waals surface area contributed by atoms with E-state index in [1.54, 1.807) is 47.4 Å². The van der Waals surface area contributed by atoms with Gasteiger partial charge in [-0.15, -0.1) is 0 Å². The molecule has 0 saturated carbocycles. The number of anilines is 6. The van der Waals surface area contributed by atoms with Crippen LogP contribution in [0.2, 0.25) is 0 Å². The highest BCUT2D eigenvalue weighted by Gasteiger charge is 2.34. The lowest BCUT2D eigenvalue weighted by molar-refractivity contribution is -0.0222. The minimum absolute atomic E-state index is 0.167. The van der Waals surface area contributed by atoms with Crippen molar-refractivity contribution in [1.29, 1.82) is 0 Å². The van der Waals surface area contributed by atoms with E-state index in [1.807, 2.05) is 6.07 Å². The Bertz CT molecular complexity index is 1970. The van der Waals surface area contributed by atoms with Crippen LogP contribution in [-0.2, 0) is 31.6 Å². The Morgan fingerprint density at radius 3 is 1.54 bits per heavy atom. The number of primary sulfonamides is 2. The topological polar surface area (TPSA) is 228 Å². The molecule has 0 atom stereocenters. The van der Waals surface area contributed by atoms with Gasteiger partial charge in [0.05, 0.1) is 11.5 Å². The highest BCUT2D eigenvalue weighted by atomic mass is 32.2. The number of hydrogen-bond donors (Lipinski definition) is 4. The summed E-state index contributed by atoms with van der Waals surface area (Å²) in [6.45, 7) is 2.24. The van der Waals surface area contributed by atoms with Gasteiger partial charge in [-0.05, 0) is 54.7 Å². The van der Waals surface area contributed by atoms with E-state index in [0.29, 0.717) is 40.3 Å². The van der Waals surface area contributed by atoms with Crippen LogP contribution in [0.15, 0.2) is 61.2 Å². The van der Waals surface area contributed by atoms with Crippen LogP contribution in [0.1, 0.15) is 43.2 Å². The van der Waals surface area contributed by atoms with E-state index >= 15 is 0 Å². The Balaban J connectivity index is 0.000000195. The van der Waals surface area contributed by atoms with Crippen LogP contribution in [0.3, 0.4) is 0 Å². The molecule has 0 aliphatic carbocycles. The molecule has 16 nitrogen and oxygen atoms in total. The molecule has 2 aromatic carbocycles. The van der Waals surface area contributed by atoms with Gasteiger partial charge in [0.1, 0.15) is 12.7 Å². The Morgan fingerprint density at radius 2 is 1.10 bits per heavy atom. The predicted molar refractivity (Wildman–Crippen MR) is 185 cm³/mol. The summed E-state index contributed by atoms with van der Waals surface area (Å²) in [6.07, 6.45) is 5.82. The fraction of sp³-hybridized carbons (Fsp3) is 0.400. The fourth-order valence-electron chi connectivity index (χ4n) is 5.33. The van der Waals surface area contributed by atoms with Crippen LogP contribution in [0.5, 0.6) is 0 Å². The van der Waals surface area contributed by atoms with Crippen LogP contribution in [0, 0.1) is 0 Å². The molecule has 4 heterocycles. The van der Waals surface area contributed by atoms with E-state index in [-0.39, 0.29) is 43.4 Å². The number of rotatable bonds is 10. The molecule has 0 amide bonds. The van der Waals surface area contributed by atoms with E-state index < -0.39 is 26.0 Å². The van der Waals surface area contributed by atoms with Crippen molar-refractivity contribution >= 4 is 55.2 Å². The molecule has 2 fully saturated rings. The van der Waals surface area contributed by atoms with Gasteiger partial charge in [-0.3, -0.25) is 0 Å². The summed E-state index contributed by atoms with van der Waals surface area (Å²) in [5.74, 6) is -1.50. The molecule has 2 aliphatic heterocycles. The summed E-state index contributed by atoms with van der Waals surface area (Å²) in [7, 11) is -7.20. The first-order valence-corrected chi connectivity index (χ1v) is 19.1. The number of hydrogen-bond acceptors (Lipinski definition) is 14. The molecule has 0 radical (unpaired) electrons. The zero-order valence-electron chi connectivity index (χ0n) is 27.0. The molecule has 6 N–H and O–H groups in total. The SMILES string of the molecule is NS(=O)(=O)Cc1cccc(Nc2ncnc(N3CCC(F)(F)CC3)n2)c1.NS(=O)(=O)Cc1cccc(Nc2ncnc(N3CCCCC3)n2)c1. The van der Waals surface area contributed by atoms with Crippen LogP contribution >= 0.6 is 0 Å². The Kier molecular flexibility index (Phi) is 11.7. The van der Waals surface area contributed by atoms with Crippen LogP contribution in [-0.4, -0.2) is 78.8 Å². The zero-order valence-corrected chi connectivity index (χ0v) is 28.6. The molecule has 0 spiro atoms. The third-order valence-electron chi connectivity index (χ3n) is 7.64. The maximum atomic E-state index is 13.3. The van der Waals surface area contributed by atoms with E-state index in [4.69, 9.17) is 10.3 Å². The highest BCUT2D eigenvalue weighted by Crippen LogP contribution is 2.29. The van der Waals surface area contributed by atoms with Gasteiger partial charge in [0.15, 0.2) is 0 Å². The van der Waals surface area contributed by atoms with E-state index in [2.05, 4.69) is 45.4 Å². The van der Waals surface area contributed by atoms with Crippen LogP contribution in [0.4, 0.5) is 43.9 Å². The number of nitrogens with one attached hydrogen (secondary N) is 2. The minimum Gasteiger partial charge on any atom is -0.341 e. The minimum atomic E-state index is -3.63. The van der Waals surface area contributed by atoms with Gasteiger partial charge in [0.25, 0.3) is 5.92 Å². The smallest absolute Gasteiger partial charge is 0.251 e. The summed E-state index contributed by atoms with van der Waals surface area (Å²) >= 11 is 0. The summed E-state index contributed by atoms with van der Waals surface area (Å²) in [6, 6.07) is 13.7. The number of benzene rings is 2. The first-order chi connectivity index (χ1) is 23.7. The molecule has 50 heavy (non-hydrogen) atoms. The van der Waals surface area contributed by atoms with Crippen molar-refractivity contribution in [2.75, 3.05) is 46.6 Å². The Labute approximate surface area is 288 Å². The van der Waals surface area contributed by atoms with Gasteiger partial charge in [-0.2, -0.15) is 9.97 Å². The number of alkyl halides is 2. The first kappa shape index (κ1) is 36.6. The van der Waals surface area contributed by atoms with Gasteiger partial charge in [0.2, 0.25) is 43.8 Å². The maximum Gasteiger partial charge on any atom is 0.251 e. The van der Waals surface area contributed by atoms with Crippen molar-refractivity contribution in [3.63, 3.8) is 0 Å². The lowest BCUT2D eigenvalue weighted by Crippen LogP contribution is -2.40. The van der Waals surface area contributed by atoms with Crippen molar-refractivity contribution in [1.82, 2.24) is 29.9 Å². The van der Waals surface area contributed by atoms with E-state index in [9.17, 15) is 25.6 Å². The van der Waals surface area contributed by atoms with E-state index in [1.165, 1.54) is 19.1 Å². The molecule has 4 aromatic rings. The zero-order chi connectivity index (χ0) is 35.8. The number of aromatic nitrogens is 6. The van der Waals surface area contributed by atoms with Gasteiger partial charge in [0, 0.05) is 50.4 Å². The second-order valence-corrected chi connectivity index (χ2v) is 15.1. The molecule has 2 aliphatic rings. The van der Waals surface area contributed by atoms with Crippen molar-refractivity contribution in [3.8, 4) is 0 Å². The summed E-state index contributed by atoms with van der Waals surface area (Å²) in [4.78, 5) is 28.9. The van der Waals surface area contributed by atoms with E-state index in [0.717, 1.165) is 25.9 Å². The average Bonchev–Trinajstić information content (AvgIpc) is 3.05.